The molecule has 1 amide bonds. The minimum atomic E-state index is -0.253. The molecule has 2 aromatic carbocycles. The Kier molecular flexibility index (Phi) is 6.84. The van der Waals surface area contributed by atoms with Gasteiger partial charge in [-0.05, 0) is 23.8 Å². The number of hydrazine groups is 1. The van der Waals surface area contributed by atoms with E-state index in [1.54, 1.807) is 12.1 Å². The average molecular weight is 418 g/mol. The smallest absolute Gasteiger partial charge is 0.269 e. The summed E-state index contributed by atoms with van der Waals surface area (Å²) < 4.78 is 5.27. The second-order valence-corrected chi connectivity index (χ2v) is 7.75. The number of piperazine rings is 1. The summed E-state index contributed by atoms with van der Waals surface area (Å²) in [4.78, 5) is 17.1. The predicted octanol–water partition coefficient (Wildman–Crippen LogP) is 2.46. The van der Waals surface area contributed by atoms with Gasteiger partial charge in [0, 0.05) is 58.6 Å². The lowest BCUT2D eigenvalue weighted by Crippen LogP contribution is -2.53. The lowest BCUT2D eigenvalue weighted by atomic mass is 10.1. The minimum Gasteiger partial charge on any atom is -0.496 e. The maximum absolute atomic E-state index is 12.7. The summed E-state index contributed by atoms with van der Waals surface area (Å²) in [6.45, 7) is 4.13. The van der Waals surface area contributed by atoms with E-state index in [1.165, 1.54) is 18.4 Å². The molecule has 1 heterocycles. The van der Waals surface area contributed by atoms with Crippen LogP contribution in [0.2, 0.25) is 5.02 Å². The van der Waals surface area contributed by atoms with Crippen LogP contribution in [0.5, 0.6) is 5.75 Å². The van der Waals surface area contributed by atoms with Crippen LogP contribution in [-0.4, -0.2) is 63.2 Å². The average Bonchev–Trinajstić information content (AvgIpc) is 2.71. The maximum atomic E-state index is 12.7. The number of hydrogen-bond donors (Lipinski definition) is 2. The number of nitrogen functional groups attached to an aromatic ring is 1. The van der Waals surface area contributed by atoms with Crippen LogP contribution in [-0.2, 0) is 6.54 Å². The second-order valence-electron chi connectivity index (χ2n) is 7.34. The molecule has 0 aliphatic carbocycles. The molecule has 29 heavy (non-hydrogen) atoms. The number of methoxy groups -OCH3 is 1. The summed E-state index contributed by atoms with van der Waals surface area (Å²) in [5.41, 5.74) is 12.0. The van der Waals surface area contributed by atoms with Crippen molar-refractivity contribution in [3.05, 3.63) is 52.5 Å². The van der Waals surface area contributed by atoms with Gasteiger partial charge in [-0.3, -0.25) is 15.1 Å². The standard InChI is InChI=1S/C21H28ClN5O2/c1-25(2)16-6-4-15(5-7-16)14-26-8-10-27(11-9-26)24-21(28)17-12-18(22)19(23)13-20(17)29-3/h4-7,12-13H,8-11,14,23H2,1-3H3,(H,24,28). The fraction of sp³-hybridized carbons (Fsp3) is 0.381. The zero-order valence-corrected chi connectivity index (χ0v) is 17.9. The van der Waals surface area contributed by atoms with Gasteiger partial charge in [-0.2, -0.15) is 0 Å². The Labute approximate surface area is 176 Å². The minimum absolute atomic E-state index is 0.253. The van der Waals surface area contributed by atoms with E-state index in [-0.39, 0.29) is 5.91 Å². The highest BCUT2D eigenvalue weighted by Gasteiger charge is 2.21. The summed E-state index contributed by atoms with van der Waals surface area (Å²) in [7, 11) is 5.58. The van der Waals surface area contributed by atoms with Crippen molar-refractivity contribution in [3.63, 3.8) is 0 Å². The molecule has 0 bridgehead atoms. The third-order valence-corrected chi connectivity index (χ3v) is 5.38. The highest BCUT2D eigenvalue weighted by Crippen LogP contribution is 2.28. The van der Waals surface area contributed by atoms with Crippen molar-refractivity contribution in [3.8, 4) is 5.75 Å². The van der Waals surface area contributed by atoms with Gasteiger partial charge < -0.3 is 15.4 Å². The molecule has 0 radical (unpaired) electrons. The van der Waals surface area contributed by atoms with Gasteiger partial charge in [0.1, 0.15) is 5.75 Å². The number of carbonyl (C=O) groups excluding carboxylic acids is 1. The number of nitrogens with two attached hydrogens (primary N) is 1. The summed E-state index contributed by atoms with van der Waals surface area (Å²) in [5, 5.41) is 2.26. The van der Waals surface area contributed by atoms with Gasteiger partial charge in [-0.1, -0.05) is 23.7 Å². The number of carbonyl (C=O) groups is 1. The number of nitrogens with zero attached hydrogens (tertiary/aromatic N) is 3. The molecule has 1 saturated heterocycles. The molecule has 1 fully saturated rings. The van der Waals surface area contributed by atoms with Crippen molar-refractivity contribution in [2.24, 2.45) is 0 Å². The molecular weight excluding hydrogens is 390 g/mol. The zero-order valence-electron chi connectivity index (χ0n) is 17.1. The quantitative estimate of drug-likeness (QED) is 0.703. The topological polar surface area (TPSA) is 74.1 Å². The fourth-order valence-corrected chi connectivity index (χ4v) is 3.46. The van der Waals surface area contributed by atoms with Gasteiger partial charge in [0.2, 0.25) is 0 Å². The Morgan fingerprint density at radius 3 is 2.41 bits per heavy atom. The molecule has 1 aliphatic rings. The van der Waals surface area contributed by atoms with E-state index in [4.69, 9.17) is 22.1 Å². The van der Waals surface area contributed by atoms with Gasteiger partial charge in [0.25, 0.3) is 5.91 Å². The van der Waals surface area contributed by atoms with Crippen molar-refractivity contribution in [1.29, 1.82) is 0 Å². The van der Waals surface area contributed by atoms with Gasteiger partial charge in [-0.25, -0.2) is 5.01 Å². The molecule has 7 nitrogen and oxygen atoms in total. The number of hydrogen-bond acceptors (Lipinski definition) is 6. The van der Waals surface area contributed by atoms with Crippen LogP contribution in [0.25, 0.3) is 0 Å². The van der Waals surface area contributed by atoms with Crippen molar-refractivity contribution in [2.45, 2.75) is 6.54 Å². The van der Waals surface area contributed by atoms with Gasteiger partial charge in [-0.15, -0.1) is 0 Å². The number of halogens is 1. The molecule has 1 aliphatic heterocycles. The molecule has 3 N–H and O–H groups in total. The van der Waals surface area contributed by atoms with E-state index in [2.05, 4.69) is 39.5 Å². The van der Waals surface area contributed by atoms with Crippen molar-refractivity contribution >= 4 is 28.9 Å². The zero-order chi connectivity index (χ0) is 21.0. The lowest BCUT2D eigenvalue weighted by molar-refractivity contribution is 0.0602. The predicted molar refractivity (Wildman–Crippen MR) is 118 cm³/mol. The summed E-state index contributed by atoms with van der Waals surface area (Å²) in [5.74, 6) is 0.153. The van der Waals surface area contributed by atoms with E-state index in [9.17, 15) is 4.79 Å². The van der Waals surface area contributed by atoms with Crippen LogP contribution in [0.4, 0.5) is 11.4 Å². The van der Waals surface area contributed by atoms with Crippen molar-refractivity contribution in [1.82, 2.24) is 15.3 Å². The Morgan fingerprint density at radius 1 is 1.17 bits per heavy atom. The number of amides is 1. The fourth-order valence-electron chi connectivity index (χ4n) is 3.29. The monoisotopic (exact) mass is 417 g/mol. The molecule has 8 heteroatoms. The maximum Gasteiger partial charge on any atom is 0.269 e. The summed E-state index contributed by atoms with van der Waals surface area (Å²) in [6, 6.07) is 11.7. The Morgan fingerprint density at radius 2 is 1.83 bits per heavy atom. The third-order valence-electron chi connectivity index (χ3n) is 5.05. The number of ether oxygens (including phenoxy) is 1. The van der Waals surface area contributed by atoms with Gasteiger partial charge in [0.15, 0.2) is 0 Å². The Hall–Kier alpha value is -2.48. The Balaban J connectivity index is 1.53. The SMILES string of the molecule is COc1cc(N)c(Cl)cc1C(=O)NN1CCN(Cc2ccc(N(C)C)cc2)CC1. The van der Waals surface area contributed by atoms with Crippen LogP contribution < -0.4 is 20.8 Å². The first kappa shape index (κ1) is 21.2. The first-order valence-corrected chi connectivity index (χ1v) is 9.92. The molecule has 0 saturated carbocycles. The largest absolute Gasteiger partial charge is 0.496 e. The second kappa shape index (κ2) is 9.35. The summed E-state index contributed by atoms with van der Waals surface area (Å²) in [6.07, 6.45) is 0. The van der Waals surface area contributed by atoms with E-state index in [1.807, 2.05) is 19.1 Å². The van der Waals surface area contributed by atoms with Crippen LogP contribution in [0.15, 0.2) is 36.4 Å². The molecule has 0 aromatic heterocycles. The van der Waals surface area contributed by atoms with Crippen LogP contribution >= 0.6 is 11.6 Å². The molecule has 0 spiro atoms. The summed E-state index contributed by atoms with van der Waals surface area (Å²) >= 11 is 6.07. The molecule has 3 rings (SSSR count). The molecule has 2 aromatic rings. The van der Waals surface area contributed by atoms with Gasteiger partial charge in [0.05, 0.1) is 23.4 Å². The molecular formula is C21H28ClN5O2. The van der Waals surface area contributed by atoms with E-state index in [0.29, 0.717) is 22.0 Å². The van der Waals surface area contributed by atoms with E-state index in [0.717, 1.165) is 32.7 Å². The number of nitrogens with one attached hydrogen (secondary N) is 1. The highest BCUT2D eigenvalue weighted by molar-refractivity contribution is 6.33. The Bertz CT molecular complexity index is 849. The number of benzene rings is 2. The van der Waals surface area contributed by atoms with Gasteiger partial charge >= 0.3 is 0 Å². The van der Waals surface area contributed by atoms with E-state index >= 15 is 0 Å². The lowest BCUT2D eigenvalue weighted by Gasteiger charge is -2.34. The van der Waals surface area contributed by atoms with Crippen LogP contribution in [0, 0.1) is 0 Å². The third kappa shape index (κ3) is 5.32. The van der Waals surface area contributed by atoms with Crippen molar-refractivity contribution < 1.29 is 9.53 Å². The van der Waals surface area contributed by atoms with Crippen LogP contribution in [0.1, 0.15) is 15.9 Å². The van der Waals surface area contributed by atoms with Crippen LogP contribution in [0.3, 0.4) is 0 Å². The normalized spacial score (nSPS) is 15.2. The number of anilines is 2. The first-order valence-electron chi connectivity index (χ1n) is 9.55. The molecule has 156 valence electrons. The number of rotatable bonds is 6. The van der Waals surface area contributed by atoms with E-state index < -0.39 is 0 Å². The molecule has 0 unspecified atom stereocenters. The highest BCUT2D eigenvalue weighted by atomic mass is 35.5. The molecule has 0 atom stereocenters. The first-order chi connectivity index (χ1) is 13.9. The van der Waals surface area contributed by atoms with Crippen molar-refractivity contribution in [2.75, 3.05) is 58.0 Å².